The highest BCUT2D eigenvalue weighted by Gasteiger charge is 2.21. The molecule has 0 N–H and O–H groups in total. The second kappa shape index (κ2) is 11.3. The van der Waals surface area contributed by atoms with Crippen LogP contribution in [0.15, 0.2) is 182 Å². The molecule has 9 aromatic carbocycles. The standard InChI is InChI=1S/C50H30N2/c1-3-15-35-33(12-1)30-34-13-2-4-16-36(34)47(35)48-42-21-9-7-19-40(42)46(41-20-8-10-22-43(41)48)44-27-26-39(37-17-5-6-18-38(37)44)45-28-25-32-24-23-31-14-11-29-51-49(31)50(32)52-45/h1-30H. The lowest BCUT2D eigenvalue weighted by molar-refractivity contribution is 1.37. The van der Waals surface area contributed by atoms with Crippen LogP contribution in [0.25, 0.3) is 109 Å². The molecular weight excluding hydrogens is 629 g/mol. The van der Waals surface area contributed by atoms with Crippen LogP contribution in [0.3, 0.4) is 0 Å². The maximum Gasteiger partial charge on any atom is 0.0972 e. The normalized spacial score (nSPS) is 11.8. The second-order valence-electron chi connectivity index (χ2n) is 13.7. The van der Waals surface area contributed by atoms with Gasteiger partial charge in [-0.15, -0.1) is 0 Å². The quantitative estimate of drug-likeness (QED) is 0.139. The largest absolute Gasteiger partial charge is 0.254 e. The van der Waals surface area contributed by atoms with Gasteiger partial charge in [0.2, 0.25) is 0 Å². The minimum Gasteiger partial charge on any atom is -0.254 e. The molecule has 0 aliphatic carbocycles. The Morgan fingerprint density at radius 3 is 1.37 bits per heavy atom. The van der Waals surface area contributed by atoms with Crippen molar-refractivity contribution >= 4 is 75.7 Å². The van der Waals surface area contributed by atoms with Crippen molar-refractivity contribution in [2.75, 3.05) is 0 Å². The molecule has 0 spiro atoms. The zero-order chi connectivity index (χ0) is 34.2. The van der Waals surface area contributed by atoms with E-state index in [2.05, 4.69) is 170 Å². The number of fused-ring (bicyclic) bond motifs is 8. The van der Waals surface area contributed by atoms with Crippen molar-refractivity contribution in [1.29, 1.82) is 0 Å². The third-order valence-corrected chi connectivity index (χ3v) is 10.9. The monoisotopic (exact) mass is 658 g/mol. The van der Waals surface area contributed by atoms with Crippen LogP contribution in [0.4, 0.5) is 0 Å². The van der Waals surface area contributed by atoms with E-state index in [1.165, 1.54) is 76.1 Å². The molecule has 2 heterocycles. The van der Waals surface area contributed by atoms with Gasteiger partial charge in [-0.05, 0) is 94.3 Å². The second-order valence-corrected chi connectivity index (χ2v) is 13.7. The maximum absolute atomic E-state index is 5.26. The molecule has 0 radical (unpaired) electrons. The number of pyridine rings is 2. The summed E-state index contributed by atoms with van der Waals surface area (Å²) in [6.45, 7) is 0. The predicted octanol–water partition coefficient (Wildman–Crippen LogP) is 13.5. The van der Waals surface area contributed by atoms with Gasteiger partial charge >= 0.3 is 0 Å². The molecule has 2 heteroatoms. The van der Waals surface area contributed by atoms with Gasteiger partial charge in [0.15, 0.2) is 0 Å². The van der Waals surface area contributed by atoms with Gasteiger partial charge in [0.1, 0.15) is 0 Å². The highest BCUT2D eigenvalue weighted by atomic mass is 14.8. The topological polar surface area (TPSA) is 25.8 Å². The van der Waals surface area contributed by atoms with E-state index in [4.69, 9.17) is 9.97 Å². The van der Waals surface area contributed by atoms with E-state index in [0.717, 1.165) is 33.1 Å². The predicted molar refractivity (Wildman–Crippen MR) is 221 cm³/mol. The molecule has 0 amide bonds. The summed E-state index contributed by atoms with van der Waals surface area (Å²) in [7, 11) is 0. The van der Waals surface area contributed by atoms with Gasteiger partial charge in [-0.1, -0.05) is 158 Å². The number of rotatable bonds is 3. The van der Waals surface area contributed by atoms with Crippen molar-refractivity contribution in [3.8, 4) is 33.5 Å². The third-order valence-electron chi connectivity index (χ3n) is 10.9. The third kappa shape index (κ3) is 4.25. The summed E-state index contributed by atoms with van der Waals surface area (Å²) in [5, 5.41) is 14.6. The molecule has 0 aliphatic heterocycles. The lowest BCUT2D eigenvalue weighted by Gasteiger charge is -2.21. The van der Waals surface area contributed by atoms with Crippen molar-refractivity contribution in [3.05, 3.63) is 182 Å². The van der Waals surface area contributed by atoms with E-state index in [-0.39, 0.29) is 0 Å². The summed E-state index contributed by atoms with van der Waals surface area (Å²) in [5.74, 6) is 0. The van der Waals surface area contributed by atoms with Crippen LogP contribution in [0, 0.1) is 0 Å². The number of aromatic nitrogens is 2. The summed E-state index contributed by atoms with van der Waals surface area (Å²) in [5.41, 5.74) is 8.96. The number of hydrogen-bond donors (Lipinski definition) is 0. The smallest absolute Gasteiger partial charge is 0.0972 e. The molecule has 2 nitrogen and oxygen atoms in total. The molecule has 0 fully saturated rings. The minimum atomic E-state index is 0.928. The SMILES string of the molecule is c1ccc2c(-c3c4ccccc4c(-c4ccc(-c5ccc6ccc7cccnc7c6n5)c5ccccc45)c4ccccc34)c3ccccc3cc2c1. The lowest BCUT2D eigenvalue weighted by atomic mass is 9.82. The first kappa shape index (κ1) is 28.9. The van der Waals surface area contributed by atoms with Crippen LogP contribution < -0.4 is 0 Å². The molecule has 11 rings (SSSR count). The Hall–Kier alpha value is -6.90. The number of hydrogen-bond acceptors (Lipinski definition) is 2. The van der Waals surface area contributed by atoms with Crippen molar-refractivity contribution in [3.63, 3.8) is 0 Å². The Balaban J connectivity index is 1.22. The van der Waals surface area contributed by atoms with Crippen LogP contribution in [-0.4, -0.2) is 9.97 Å². The van der Waals surface area contributed by atoms with Crippen LogP contribution in [-0.2, 0) is 0 Å². The molecule has 52 heavy (non-hydrogen) atoms. The van der Waals surface area contributed by atoms with Crippen molar-refractivity contribution in [2.24, 2.45) is 0 Å². The molecule has 240 valence electrons. The molecule has 0 saturated heterocycles. The van der Waals surface area contributed by atoms with E-state index in [9.17, 15) is 0 Å². The van der Waals surface area contributed by atoms with Gasteiger partial charge in [0.05, 0.1) is 16.7 Å². The minimum absolute atomic E-state index is 0.928. The van der Waals surface area contributed by atoms with Crippen LogP contribution in [0.5, 0.6) is 0 Å². The molecule has 0 aliphatic rings. The number of benzene rings is 9. The molecule has 2 aromatic heterocycles. The first-order valence-corrected chi connectivity index (χ1v) is 17.8. The van der Waals surface area contributed by atoms with E-state index >= 15 is 0 Å². The van der Waals surface area contributed by atoms with Crippen molar-refractivity contribution in [1.82, 2.24) is 9.97 Å². The van der Waals surface area contributed by atoms with Crippen molar-refractivity contribution < 1.29 is 0 Å². The zero-order valence-electron chi connectivity index (χ0n) is 28.2. The Bertz CT molecular complexity index is 3140. The Kier molecular flexibility index (Phi) is 6.28. The average Bonchev–Trinajstić information content (AvgIpc) is 3.21. The van der Waals surface area contributed by atoms with Gasteiger partial charge in [-0.3, -0.25) is 4.98 Å². The summed E-state index contributed by atoms with van der Waals surface area (Å²) in [6.07, 6.45) is 1.85. The van der Waals surface area contributed by atoms with Gasteiger partial charge < -0.3 is 0 Å². The fraction of sp³-hybridized carbons (Fsp3) is 0. The highest BCUT2D eigenvalue weighted by Crippen LogP contribution is 2.49. The average molecular weight is 659 g/mol. The first-order chi connectivity index (χ1) is 25.8. The molecular formula is C50H30N2. The highest BCUT2D eigenvalue weighted by molar-refractivity contribution is 6.28. The molecule has 11 aromatic rings. The van der Waals surface area contributed by atoms with Crippen LogP contribution in [0.1, 0.15) is 0 Å². The van der Waals surface area contributed by atoms with E-state index in [1.807, 2.05) is 12.3 Å². The Labute approximate surface area is 300 Å². The molecule has 0 atom stereocenters. The Morgan fingerprint density at radius 2 is 0.731 bits per heavy atom. The molecule has 0 unspecified atom stereocenters. The summed E-state index contributed by atoms with van der Waals surface area (Å²) >= 11 is 0. The summed E-state index contributed by atoms with van der Waals surface area (Å²) < 4.78 is 0. The maximum atomic E-state index is 5.26. The summed E-state index contributed by atoms with van der Waals surface area (Å²) in [4.78, 5) is 9.98. The fourth-order valence-electron chi connectivity index (χ4n) is 8.59. The Morgan fingerprint density at radius 1 is 0.288 bits per heavy atom. The van der Waals surface area contributed by atoms with Gasteiger partial charge in [-0.2, -0.15) is 0 Å². The van der Waals surface area contributed by atoms with Gasteiger partial charge in [0, 0.05) is 22.5 Å². The fourth-order valence-corrected chi connectivity index (χ4v) is 8.59. The van der Waals surface area contributed by atoms with E-state index < -0.39 is 0 Å². The number of nitrogens with zero attached hydrogens (tertiary/aromatic N) is 2. The molecule has 0 saturated carbocycles. The van der Waals surface area contributed by atoms with E-state index in [0.29, 0.717) is 0 Å². The van der Waals surface area contributed by atoms with E-state index in [1.54, 1.807) is 0 Å². The van der Waals surface area contributed by atoms with Crippen LogP contribution in [0.2, 0.25) is 0 Å². The van der Waals surface area contributed by atoms with Crippen LogP contribution >= 0.6 is 0 Å². The van der Waals surface area contributed by atoms with Crippen molar-refractivity contribution in [2.45, 2.75) is 0 Å². The molecule has 0 bridgehead atoms. The lowest BCUT2D eigenvalue weighted by Crippen LogP contribution is -1.94. The first-order valence-electron chi connectivity index (χ1n) is 17.8. The summed E-state index contributed by atoms with van der Waals surface area (Å²) in [6, 6.07) is 64.0. The zero-order valence-corrected chi connectivity index (χ0v) is 28.2. The van der Waals surface area contributed by atoms with Gasteiger partial charge in [-0.25, -0.2) is 4.98 Å². The van der Waals surface area contributed by atoms with Gasteiger partial charge in [0.25, 0.3) is 0 Å².